The number of nitrogens with one attached hydrogen (secondary N) is 2. The molecule has 29 heavy (non-hydrogen) atoms. The maximum atomic E-state index is 12.7. The lowest BCUT2D eigenvalue weighted by molar-refractivity contribution is 0.0947. The molecule has 0 fully saturated rings. The van der Waals surface area contributed by atoms with Crippen molar-refractivity contribution in [1.29, 1.82) is 0 Å². The Bertz CT molecular complexity index is 1090. The lowest BCUT2D eigenvalue weighted by Gasteiger charge is -2.06. The zero-order valence-corrected chi connectivity index (χ0v) is 16.8. The van der Waals surface area contributed by atoms with E-state index >= 15 is 0 Å². The number of rotatable bonds is 5. The second kappa shape index (κ2) is 9.50. The molecule has 0 radical (unpaired) electrons. The number of carbonyl (C=O) groups excluding carboxylic acids is 1. The third kappa shape index (κ3) is 4.60. The summed E-state index contributed by atoms with van der Waals surface area (Å²) in [7, 11) is 1.62. The second-order valence-corrected chi connectivity index (χ2v) is 6.10. The van der Waals surface area contributed by atoms with Crippen molar-refractivity contribution in [2.24, 2.45) is 0 Å². The van der Waals surface area contributed by atoms with Gasteiger partial charge in [0, 0.05) is 24.3 Å². The van der Waals surface area contributed by atoms with Crippen molar-refractivity contribution >= 4 is 16.8 Å². The minimum Gasteiger partial charge on any atom is -0.497 e. The van der Waals surface area contributed by atoms with Gasteiger partial charge in [-0.15, -0.1) is 0 Å². The standard InChI is InChI=1S/C21H18N4O2.C2H6/c1-27-17-4-2-3-14(11-17)13-23-21(26)20-18-12-16(5-6-19(18)24-25-20)15-7-9-22-10-8-15;1-2/h2-12H,13H2,1H3,(H,23,26)(H,24,25);1-2H3. The Labute approximate surface area is 169 Å². The van der Waals surface area contributed by atoms with Gasteiger partial charge in [0.25, 0.3) is 5.91 Å². The number of aromatic nitrogens is 3. The van der Waals surface area contributed by atoms with Crippen LogP contribution in [0.15, 0.2) is 67.0 Å². The van der Waals surface area contributed by atoms with Gasteiger partial charge in [-0.1, -0.05) is 32.0 Å². The van der Waals surface area contributed by atoms with Gasteiger partial charge in [-0.3, -0.25) is 14.9 Å². The molecule has 0 aliphatic rings. The van der Waals surface area contributed by atoms with Crippen LogP contribution in [0.25, 0.3) is 22.0 Å². The van der Waals surface area contributed by atoms with Crippen LogP contribution in [0.1, 0.15) is 29.9 Å². The van der Waals surface area contributed by atoms with Crippen molar-refractivity contribution in [3.8, 4) is 16.9 Å². The second-order valence-electron chi connectivity index (χ2n) is 6.10. The van der Waals surface area contributed by atoms with Crippen LogP contribution < -0.4 is 10.1 Å². The molecule has 0 saturated heterocycles. The molecular weight excluding hydrogens is 364 g/mol. The molecule has 0 spiro atoms. The molecule has 0 aliphatic carbocycles. The van der Waals surface area contributed by atoms with E-state index < -0.39 is 0 Å². The molecule has 0 aliphatic heterocycles. The summed E-state index contributed by atoms with van der Waals surface area (Å²) in [6.45, 7) is 4.40. The van der Waals surface area contributed by atoms with Crippen LogP contribution in [0.4, 0.5) is 0 Å². The number of amides is 1. The van der Waals surface area contributed by atoms with E-state index in [2.05, 4.69) is 20.5 Å². The summed E-state index contributed by atoms with van der Waals surface area (Å²) in [6, 6.07) is 17.4. The van der Waals surface area contributed by atoms with Gasteiger partial charge < -0.3 is 10.1 Å². The highest BCUT2D eigenvalue weighted by atomic mass is 16.5. The first-order valence-corrected chi connectivity index (χ1v) is 9.54. The minimum absolute atomic E-state index is 0.226. The first-order chi connectivity index (χ1) is 14.2. The van der Waals surface area contributed by atoms with Gasteiger partial charge in [-0.05, 0) is 53.1 Å². The average Bonchev–Trinajstić information content (AvgIpc) is 3.23. The predicted octanol–water partition coefficient (Wildman–Crippen LogP) is 4.59. The maximum absolute atomic E-state index is 12.7. The number of pyridine rings is 1. The number of ether oxygens (including phenoxy) is 1. The van der Waals surface area contributed by atoms with Gasteiger partial charge in [0.1, 0.15) is 5.75 Å². The van der Waals surface area contributed by atoms with Crippen LogP contribution in [0, 0.1) is 0 Å². The monoisotopic (exact) mass is 388 g/mol. The number of benzene rings is 2. The van der Waals surface area contributed by atoms with E-state index in [-0.39, 0.29) is 5.91 Å². The SMILES string of the molecule is CC.COc1cccc(CNC(=O)c2n[nH]c3ccc(-c4ccncc4)cc23)c1. The molecule has 1 amide bonds. The molecule has 4 rings (SSSR count). The summed E-state index contributed by atoms with van der Waals surface area (Å²) in [5.74, 6) is 0.532. The van der Waals surface area contributed by atoms with E-state index in [1.165, 1.54) is 0 Å². The smallest absolute Gasteiger partial charge is 0.272 e. The fraction of sp³-hybridized carbons (Fsp3) is 0.174. The minimum atomic E-state index is -0.226. The van der Waals surface area contributed by atoms with E-state index in [1.54, 1.807) is 19.5 Å². The first-order valence-electron chi connectivity index (χ1n) is 9.54. The zero-order chi connectivity index (χ0) is 20.6. The van der Waals surface area contributed by atoms with Crippen LogP contribution in [0.3, 0.4) is 0 Å². The van der Waals surface area contributed by atoms with Gasteiger partial charge in [0.05, 0.1) is 12.6 Å². The Kier molecular flexibility index (Phi) is 6.58. The summed E-state index contributed by atoms with van der Waals surface area (Å²) in [5.41, 5.74) is 4.20. The Morgan fingerprint density at radius 2 is 1.83 bits per heavy atom. The molecule has 2 N–H and O–H groups in total. The molecule has 0 unspecified atom stereocenters. The number of methoxy groups -OCH3 is 1. The van der Waals surface area contributed by atoms with Gasteiger partial charge >= 0.3 is 0 Å². The quantitative estimate of drug-likeness (QED) is 0.524. The van der Waals surface area contributed by atoms with Crippen molar-refractivity contribution in [3.05, 3.63) is 78.2 Å². The topological polar surface area (TPSA) is 79.9 Å². The molecule has 2 aromatic heterocycles. The summed E-state index contributed by atoms with van der Waals surface area (Å²) in [4.78, 5) is 16.7. The molecule has 6 nitrogen and oxygen atoms in total. The molecule has 0 saturated carbocycles. The van der Waals surface area contributed by atoms with Crippen molar-refractivity contribution in [1.82, 2.24) is 20.5 Å². The van der Waals surface area contributed by atoms with Crippen LogP contribution in [-0.2, 0) is 6.54 Å². The summed E-state index contributed by atoms with van der Waals surface area (Å²) < 4.78 is 5.21. The molecule has 148 valence electrons. The number of hydrogen-bond donors (Lipinski definition) is 2. The highest BCUT2D eigenvalue weighted by molar-refractivity contribution is 6.05. The first kappa shape index (κ1) is 20.1. The highest BCUT2D eigenvalue weighted by Gasteiger charge is 2.15. The number of carbonyl (C=O) groups is 1. The molecule has 0 atom stereocenters. The molecular formula is C23H24N4O2. The maximum Gasteiger partial charge on any atom is 0.272 e. The van der Waals surface area contributed by atoms with Crippen LogP contribution >= 0.6 is 0 Å². The Balaban J connectivity index is 0.00000117. The fourth-order valence-electron chi connectivity index (χ4n) is 2.96. The summed E-state index contributed by atoms with van der Waals surface area (Å²) >= 11 is 0. The average molecular weight is 388 g/mol. The Hall–Kier alpha value is -3.67. The third-order valence-corrected chi connectivity index (χ3v) is 4.38. The van der Waals surface area contributed by atoms with Crippen molar-refractivity contribution in [3.63, 3.8) is 0 Å². The van der Waals surface area contributed by atoms with Gasteiger partial charge in [0.15, 0.2) is 5.69 Å². The van der Waals surface area contributed by atoms with E-state index in [9.17, 15) is 4.79 Å². The van der Waals surface area contributed by atoms with Crippen molar-refractivity contribution < 1.29 is 9.53 Å². The van der Waals surface area contributed by atoms with Crippen molar-refractivity contribution in [2.75, 3.05) is 7.11 Å². The number of aromatic amines is 1. The summed E-state index contributed by atoms with van der Waals surface area (Å²) in [5, 5.41) is 10.8. The molecule has 2 aromatic carbocycles. The number of H-pyrrole nitrogens is 1. The normalized spacial score (nSPS) is 10.2. The Morgan fingerprint density at radius 1 is 1.03 bits per heavy atom. The van der Waals surface area contributed by atoms with E-state index in [4.69, 9.17) is 4.74 Å². The Morgan fingerprint density at radius 3 is 2.59 bits per heavy atom. The van der Waals surface area contributed by atoms with E-state index in [0.717, 1.165) is 33.3 Å². The lowest BCUT2D eigenvalue weighted by atomic mass is 10.0. The molecule has 2 heterocycles. The number of nitrogens with zero attached hydrogens (tertiary/aromatic N) is 2. The van der Waals surface area contributed by atoms with Gasteiger partial charge in [-0.25, -0.2) is 0 Å². The third-order valence-electron chi connectivity index (χ3n) is 4.38. The predicted molar refractivity (Wildman–Crippen MR) is 115 cm³/mol. The zero-order valence-electron chi connectivity index (χ0n) is 16.8. The van der Waals surface area contributed by atoms with Crippen LogP contribution in [0.5, 0.6) is 5.75 Å². The largest absolute Gasteiger partial charge is 0.497 e. The van der Waals surface area contributed by atoms with Crippen molar-refractivity contribution in [2.45, 2.75) is 20.4 Å². The van der Waals surface area contributed by atoms with E-state index in [0.29, 0.717) is 12.2 Å². The summed E-state index contributed by atoms with van der Waals surface area (Å²) in [6.07, 6.45) is 3.49. The molecule has 6 heteroatoms. The van der Waals surface area contributed by atoms with Gasteiger partial charge in [-0.2, -0.15) is 5.10 Å². The fourth-order valence-corrected chi connectivity index (χ4v) is 2.96. The molecule has 0 bridgehead atoms. The van der Waals surface area contributed by atoms with Crippen LogP contribution in [0.2, 0.25) is 0 Å². The highest BCUT2D eigenvalue weighted by Crippen LogP contribution is 2.25. The molecule has 4 aromatic rings. The number of fused-ring (bicyclic) bond motifs is 1. The number of hydrogen-bond acceptors (Lipinski definition) is 4. The van der Waals surface area contributed by atoms with Gasteiger partial charge in [0.2, 0.25) is 0 Å². The van der Waals surface area contributed by atoms with Crippen LogP contribution in [-0.4, -0.2) is 28.2 Å². The van der Waals surface area contributed by atoms with E-state index in [1.807, 2.05) is 68.4 Å². The lowest BCUT2D eigenvalue weighted by Crippen LogP contribution is -2.23.